The van der Waals surface area contributed by atoms with E-state index in [2.05, 4.69) is 33.4 Å². The molecule has 2 nitrogen and oxygen atoms in total. The summed E-state index contributed by atoms with van der Waals surface area (Å²) in [6.45, 7) is 8.31. The number of thiol groups is 1. The Bertz CT molecular complexity index is 502. The van der Waals surface area contributed by atoms with Crippen LogP contribution in [0, 0.1) is 17.2 Å². The molecule has 0 aromatic heterocycles. The Balaban J connectivity index is 2.03. The van der Waals surface area contributed by atoms with E-state index >= 15 is 0 Å². The highest BCUT2D eigenvalue weighted by Crippen LogP contribution is 2.34. The first kappa shape index (κ1) is 15.4. The predicted octanol–water partition coefficient (Wildman–Crippen LogP) is 4.01. The summed E-state index contributed by atoms with van der Waals surface area (Å²) in [5.74, 6) is 0.240. The van der Waals surface area contributed by atoms with Gasteiger partial charge in [-0.25, -0.2) is 4.39 Å². The summed E-state index contributed by atoms with van der Waals surface area (Å²) in [6.07, 6.45) is 2.06. The molecule has 2 rings (SSSR count). The quantitative estimate of drug-likeness (QED) is 0.776. The fraction of sp³-hybridized carbons (Fsp3) is 0.562. The molecular formula is C16H22FNOS. The van der Waals surface area contributed by atoms with E-state index in [-0.39, 0.29) is 10.8 Å². The van der Waals surface area contributed by atoms with Crippen LogP contribution in [0.3, 0.4) is 0 Å². The van der Waals surface area contributed by atoms with Crippen molar-refractivity contribution < 1.29 is 9.18 Å². The van der Waals surface area contributed by atoms with Crippen LogP contribution in [0.4, 0.5) is 4.39 Å². The molecule has 0 unspecified atom stereocenters. The molecule has 110 valence electrons. The highest BCUT2D eigenvalue weighted by Gasteiger charge is 2.30. The van der Waals surface area contributed by atoms with Crippen molar-refractivity contribution in [1.29, 1.82) is 0 Å². The van der Waals surface area contributed by atoms with Crippen molar-refractivity contribution in [3.8, 4) is 0 Å². The Morgan fingerprint density at radius 3 is 2.40 bits per heavy atom. The average molecular weight is 295 g/mol. The van der Waals surface area contributed by atoms with Crippen LogP contribution in [0.25, 0.3) is 0 Å². The third-order valence-electron chi connectivity index (χ3n) is 4.20. The van der Waals surface area contributed by atoms with Gasteiger partial charge in [0, 0.05) is 23.5 Å². The van der Waals surface area contributed by atoms with Crippen molar-refractivity contribution in [2.45, 2.75) is 38.5 Å². The Morgan fingerprint density at radius 1 is 1.30 bits per heavy atom. The highest BCUT2D eigenvalue weighted by molar-refractivity contribution is 7.80. The Labute approximate surface area is 125 Å². The number of hydrogen-bond donors (Lipinski definition) is 1. The van der Waals surface area contributed by atoms with E-state index in [9.17, 15) is 9.18 Å². The van der Waals surface area contributed by atoms with Crippen molar-refractivity contribution in [1.82, 2.24) is 4.90 Å². The Kier molecular flexibility index (Phi) is 4.43. The molecule has 1 fully saturated rings. The number of carbonyl (C=O) groups excluding carboxylic acids is 1. The van der Waals surface area contributed by atoms with E-state index in [0.717, 1.165) is 25.9 Å². The van der Waals surface area contributed by atoms with E-state index in [1.165, 1.54) is 18.2 Å². The van der Waals surface area contributed by atoms with Crippen LogP contribution in [0.1, 0.15) is 44.0 Å². The van der Waals surface area contributed by atoms with Crippen molar-refractivity contribution in [2.24, 2.45) is 11.3 Å². The van der Waals surface area contributed by atoms with E-state index < -0.39 is 5.82 Å². The standard InChI is InChI=1S/C16H22FNOS/c1-16(2,3)12-6-8-18(9-7-12)15(19)11-4-5-13(17)14(20)10-11/h4-5,10,12,20H,6-9H2,1-3H3. The first-order chi connectivity index (χ1) is 9.29. The van der Waals surface area contributed by atoms with Crippen molar-refractivity contribution in [2.75, 3.05) is 13.1 Å². The highest BCUT2D eigenvalue weighted by atomic mass is 32.1. The minimum Gasteiger partial charge on any atom is -0.339 e. The second kappa shape index (κ2) is 5.76. The fourth-order valence-electron chi connectivity index (χ4n) is 2.78. The first-order valence-corrected chi connectivity index (χ1v) is 7.51. The zero-order valence-electron chi connectivity index (χ0n) is 12.3. The smallest absolute Gasteiger partial charge is 0.253 e. The Morgan fingerprint density at radius 2 is 1.90 bits per heavy atom. The molecule has 1 amide bonds. The summed E-state index contributed by atoms with van der Waals surface area (Å²) in [5.41, 5.74) is 0.814. The van der Waals surface area contributed by atoms with Gasteiger partial charge in [0.1, 0.15) is 5.82 Å². The zero-order chi connectivity index (χ0) is 14.9. The molecule has 0 radical (unpaired) electrons. The maximum Gasteiger partial charge on any atom is 0.253 e. The number of rotatable bonds is 1. The molecular weight excluding hydrogens is 273 g/mol. The predicted molar refractivity (Wildman–Crippen MR) is 81.7 cm³/mol. The average Bonchev–Trinajstić information content (AvgIpc) is 2.40. The van der Waals surface area contributed by atoms with Gasteiger partial charge in [0.25, 0.3) is 5.91 Å². The van der Waals surface area contributed by atoms with Gasteiger partial charge in [-0.3, -0.25) is 4.79 Å². The fourth-order valence-corrected chi connectivity index (χ4v) is 2.99. The third kappa shape index (κ3) is 3.35. The number of piperidine rings is 1. The topological polar surface area (TPSA) is 20.3 Å². The number of benzene rings is 1. The molecule has 0 bridgehead atoms. The second-order valence-corrected chi connectivity index (χ2v) is 7.08. The number of carbonyl (C=O) groups is 1. The summed E-state index contributed by atoms with van der Waals surface area (Å²) in [5, 5.41) is 0. The van der Waals surface area contributed by atoms with Crippen LogP contribution >= 0.6 is 12.6 Å². The molecule has 1 aromatic carbocycles. The van der Waals surface area contributed by atoms with Crippen molar-refractivity contribution in [3.05, 3.63) is 29.6 Å². The molecule has 0 saturated carbocycles. The zero-order valence-corrected chi connectivity index (χ0v) is 13.2. The van der Waals surface area contributed by atoms with Crippen molar-refractivity contribution >= 4 is 18.5 Å². The van der Waals surface area contributed by atoms with E-state index in [1.807, 2.05) is 4.90 Å². The SMILES string of the molecule is CC(C)(C)C1CCN(C(=O)c2ccc(F)c(S)c2)CC1. The van der Waals surface area contributed by atoms with Crippen LogP contribution in [0.15, 0.2) is 23.1 Å². The lowest BCUT2D eigenvalue weighted by Gasteiger charge is -2.38. The van der Waals surface area contributed by atoms with Gasteiger partial charge in [0.15, 0.2) is 0 Å². The van der Waals surface area contributed by atoms with Crippen LogP contribution < -0.4 is 0 Å². The van der Waals surface area contributed by atoms with Crippen LogP contribution in [0.5, 0.6) is 0 Å². The maximum atomic E-state index is 13.2. The molecule has 1 heterocycles. The monoisotopic (exact) mass is 295 g/mol. The van der Waals surface area contributed by atoms with Gasteiger partial charge in [-0.15, -0.1) is 12.6 Å². The summed E-state index contributed by atoms with van der Waals surface area (Å²) >= 11 is 4.03. The van der Waals surface area contributed by atoms with Crippen LogP contribution in [-0.4, -0.2) is 23.9 Å². The molecule has 1 aromatic rings. The van der Waals surface area contributed by atoms with Gasteiger partial charge < -0.3 is 4.90 Å². The van der Waals surface area contributed by atoms with Gasteiger partial charge in [0.2, 0.25) is 0 Å². The lowest BCUT2D eigenvalue weighted by molar-refractivity contribution is 0.0608. The number of amides is 1. The second-order valence-electron chi connectivity index (χ2n) is 6.60. The van der Waals surface area contributed by atoms with Crippen LogP contribution in [0.2, 0.25) is 0 Å². The van der Waals surface area contributed by atoms with E-state index in [0.29, 0.717) is 16.9 Å². The van der Waals surface area contributed by atoms with Gasteiger partial charge in [-0.05, 0) is 42.4 Å². The molecule has 0 atom stereocenters. The molecule has 20 heavy (non-hydrogen) atoms. The molecule has 1 aliphatic rings. The van der Waals surface area contributed by atoms with Gasteiger partial charge in [0.05, 0.1) is 0 Å². The number of hydrogen-bond acceptors (Lipinski definition) is 2. The molecule has 1 saturated heterocycles. The lowest BCUT2D eigenvalue weighted by atomic mass is 9.75. The Hall–Kier alpha value is -1.03. The maximum absolute atomic E-state index is 13.2. The number of halogens is 1. The largest absolute Gasteiger partial charge is 0.339 e. The number of nitrogens with zero attached hydrogens (tertiary/aromatic N) is 1. The third-order valence-corrected chi connectivity index (χ3v) is 4.54. The minimum atomic E-state index is -0.392. The first-order valence-electron chi connectivity index (χ1n) is 7.07. The molecule has 0 aliphatic carbocycles. The van der Waals surface area contributed by atoms with Gasteiger partial charge in [-0.2, -0.15) is 0 Å². The summed E-state index contributed by atoms with van der Waals surface area (Å²) in [4.78, 5) is 14.5. The minimum absolute atomic E-state index is 0.0207. The molecule has 1 aliphatic heterocycles. The molecule has 0 spiro atoms. The normalized spacial score (nSPS) is 17.4. The number of likely N-dealkylation sites (tertiary alicyclic amines) is 1. The summed E-state index contributed by atoms with van der Waals surface area (Å²) in [6, 6.07) is 4.35. The molecule has 4 heteroatoms. The van der Waals surface area contributed by atoms with Crippen LogP contribution in [-0.2, 0) is 0 Å². The van der Waals surface area contributed by atoms with Gasteiger partial charge in [-0.1, -0.05) is 20.8 Å². The molecule has 0 N–H and O–H groups in total. The van der Waals surface area contributed by atoms with E-state index in [4.69, 9.17) is 0 Å². The lowest BCUT2D eigenvalue weighted by Crippen LogP contribution is -2.41. The van der Waals surface area contributed by atoms with E-state index in [1.54, 1.807) is 0 Å². The van der Waals surface area contributed by atoms with Gasteiger partial charge >= 0.3 is 0 Å². The summed E-state index contributed by atoms with van der Waals surface area (Å²) < 4.78 is 13.2. The van der Waals surface area contributed by atoms with Crippen molar-refractivity contribution in [3.63, 3.8) is 0 Å². The summed E-state index contributed by atoms with van der Waals surface area (Å²) in [7, 11) is 0.